The normalized spacial score (nSPS) is 24.0. The van der Waals surface area contributed by atoms with Crippen LogP contribution in [0.1, 0.15) is 35.8 Å². The summed E-state index contributed by atoms with van der Waals surface area (Å²) >= 11 is 6.29. The molecule has 2 aliphatic heterocycles. The second kappa shape index (κ2) is 9.03. The Morgan fingerprint density at radius 1 is 1.03 bits per heavy atom. The molecule has 5 rings (SSSR count). The lowest BCUT2D eigenvalue weighted by molar-refractivity contribution is -0.117. The van der Waals surface area contributed by atoms with E-state index in [0.29, 0.717) is 61.1 Å². The van der Waals surface area contributed by atoms with Gasteiger partial charge in [-0.05, 0) is 35.6 Å². The van der Waals surface area contributed by atoms with Gasteiger partial charge in [0.05, 0.1) is 30.8 Å². The Morgan fingerprint density at radius 2 is 1.76 bits per heavy atom. The number of carbonyl (C=O) groups excluding carboxylic acids is 1. The lowest BCUT2D eigenvalue weighted by atomic mass is 9.72. The Kier molecular flexibility index (Phi) is 5.94. The van der Waals surface area contributed by atoms with Crippen LogP contribution in [0, 0.1) is 11.3 Å². The maximum absolute atomic E-state index is 13.7. The Bertz CT molecular complexity index is 1180. The van der Waals surface area contributed by atoms with Crippen molar-refractivity contribution in [2.24, 2.45) is 5.73 Å². The molecule has 0 unspecified atom stereocenters. The molecular weight excluding hydrogens is 436 g/mol. The third kappa shape index (κ3) is 3.93. The number of morpholine rings is 1. The fourth-order valence-corrected chi connectivity index (χ4v) is 5.37. The van der Waals surface area contributed by atoms with Gasteiger partial charge in [-0.2, -0.15) is 5.26 Å². The second-order valence-corrected chi connectivity index (χ2v) is 9.01. The summed E-state index contributed by atoms with van der Waals surface area (Å²) in [6.07, 6.45) is 1.06. The summed E-state index contributed by atoms with van der Waals surface area (Å²) in [5.41, 5.74) is 10.5. The Labute approximate surface area is 198 Å². The molecule has 2 atom stereocenters. The second-order valence-electron chi connectivity index (χ2n) is 8.58. The van der Waals surface area contributed by atoms with Crippen molar-refractivity contribution in [3.05, 3.63) is 93.4 Å². The number of nitrogens with zero attached hydrogens (tertiary/aromatic N) is 3. The number of ketones is 1. The standard InChI is InChI=1S/C26H25ClN4O2/c27-20-8-4-7-18(13-20)24-21(16-28)26(29)31(30-9-11-33-12-10-30)22-14-19(15-23(32)25(22)24)17-5-2-1-3-6-17/h1-8,13,19,24H,9-12,14-15,29H2/t19-,24-/m1/s1. The molecule has 1 fully saturated rings. The molecular formula is C26H25ClN4O2. The molecule has 6 nitrogen and oxygen atoms in total. The number of carbonyl (C=O) groups is 1. The van der Waals surface area contributed by atoms with Gasteiger partial charge in [0.1, 0.15) is 5.82 Å². The van der Waals surface area contributed by atoms with E-state index in [1.165, 1.54) is 0 Å². The Morgan fingerprint density at radius 3 is 2.45 bits per heavy atom. The molecule has 0 spiro atoms. The number of halogens is 1. The van der Waals surface area contributed by atoms with E-state index in [4.69, 9.17) is 22.1 Å². The molecule has 2 heterocycles. The van der Waals surface area contributed by atoms with Crippen molar-refractivity contribution >= 4 is 17.4 Å². The molecule has 0 radical (unpaired) electrons. The van der Waals surface area contributed by atoms with E-state index in [1.54, 1.807) is 6.07 Å². The van der Waals surface area contributed by atoms with Crippen LogP contribution in [0.3, 0.4) is 0 Å². The zero-order valence-corrected chi connectivity index (χ0v) is 19.0. The van der Waals surface area contributed by atoms with Crippen LogP contribution in [0.4, 0.5) is 0 Å². The zero-order chi connectivity index (χ0) is 22.9. The molecule has 2 aromatic carbocycles. The minimum atomic E-state index is -0.523. The van der Waals surface area contributed by atoms with E-state index in [2.05, 4.69) is 23.2 Å². The molecule has 0 amide bonds. The van der Waals surface area contributed by atoms with Crippen molar-refractivity contribution in [2.45, 2.75) is 24.7 Å². The van der Waals surface area contributed by atoms with Gasteiger partial charge in [-0.15, -0.1) is 0 Å². The summed E-state index contributed by atoms with van der Waals surface area (Å²) in [5, 5.41) is 14.7. The highest BCUT2D eigenvalue weighted by molar-refractivity contribution is 6.30. The number of allylic oxidation sites excluding steroid dienone is 3. The number of Topliss-reactive ketones (excluding diaryl/α,β-unsaturated/α-hetero) is 1. The summed E-state index contributed by atoms with van der Waals surface area (Å²) in [7, 11) is 0. The summed E-state index contributed by atoms with van der Waals surface area (Å²) in [4.78, 5) is 13.7. The fraction of sp³-hybridized carbons (Fsp3) is 0.308. The number of nitrogens with two attached hydrogens (primary N) is 1. The first kappa shape index (κ1) is 21.7. The molecule has 7 heteroatoms. The zero-order valence-electron chi connectivity index (χ0n) is 18.2. The van der Waals surface area contributed by atoms with E-state index < -0.39 is 5.92 Å². The average molecular weight is 461 g/mol. The Hall–Kier alpha value is -3.11. The van der Waals surface area contributed by atoms with Crippen LogP contribution in [-0.4, -0.2) is 42.1 Å². The molecule has 168 valence electrons. The lowest BCUT2D eigenvalue weighted by Crippen LogP contribution is -2.52. The number of hydrazine groups is 1. The third-order valence-electron chi connectivity index (χ3n) is 6.66. The lowest BCUT2D eigenvalue weighted by Gasteiger charge is -2.47. The smallest absolute Gasteiger partial charge is 0.162 e. The summed E-state index contributed by atoms with van der Waals surface area (Å²) in [5.74, 6) is -0.0409. The predicted molar refractivity (Wildman–Crippen MR) is 126 cm³/mol. The number of hydrogen-bond acceptors (Lipinski definition) is 6. The van der Waals surface area contributed by atoms with Crippen molar-refractivity contribution in [3.8, 4) is 6.07 Å². The van der Waals surface area contributed by atoms with Gasteiger partial charge in [-0.1, -0.05) is 54.1 Å². The molecule has 33 heavy (non-hydrogen) atoms. The molecule has 3 aliphatic rings. The first-order valence-corrected chi connectivity index (χ1v) is 11.6. The topological polar surface area (TPSA) is 82.6 Å². The summed E-state index contributed by atoms with van der Waals surface area (Å²) in [6.45, 7) is 2.43. The minimum Gasteiger partial charge on any atom is -0.383 e. The first-order valence-electron chi connectivity index (χ1n) is 11.2. The van der Waals surface area contributed by atoms with Crippen LogP contribution in [-0.2, 0) is 9.53 Å². The number of ether oxygens (including phenoxy) is 1. The van der Waals surface area contributed by atoms with Gasteiger partial charge in [-0.25, -0.2) is 5.01 Å². The van der Waals surface area contributed by atoms with Gasteiger partial charge in [0.25, 0.3) is 0 Å². The van der Waals surface area contributed by atoms with E-state index in [-0.39, 0.29) is 11.7 Å². The van der Waals surface area contributed by atoms with Crippen molar-refractivity contribution in [3.63, 3.8) is 0 Å². The van der Waals surface area contributed by atoms with Crippen molar-refractivity contribution < 1.29 is 9.53 Å². The monoisotopic (exact) mass is 460 g/mol. The third-order valence-corrected chi connectivity index (χ3v) is 6.90. The molecule has 2 N–H and O–H groups in total. The highest BCUT2D eigenvalue weighted by atomic mass is 35.5. The molecule has 2 aromatic rings. The molecule has 0 aromatic heterocycles. The van der Waals surface area contributed by atoms with E-state index in [9.17, 15) is 10.1 Å². The van der Waals surface area contributed by atoms with Gasteiger partial charge in [0.15, 0.2) is 5.78 Å². The average Bonchev–Trinajstić information content (AvgIpc) is 2.84. The molecule has 0 bridgehead atoms. The van der Waals surface area contributed by atoms with Gasteiger partial charge >= 0.3 is 0 Å². The SMILES string of the molecule is N#CC1=C(N)N(N2CCOCC2)C2=C(C(=O)C[C@H](c3ccccc3)C2)[C@@H]1c1cccc(Cl)c1. The van der Waals surface area contributed by atoms with Crippen LogP contribution in [0.5, 0.6) is 0 Å². The number of nitriles is 1. The van der Waals surface area contributed by atoms with Gasteiger partial charge in [0.2, 0.25) is 0 Å². The minimum absolute atomic E-state index is 0.0496. The highest BCUT2D eigenvalue weighted by Crippen LogP contribution is 2.48. The van der Waals surface area contributed by atoms with Crippen LogP contribution < -0.4 is 5.73 Å². The molecule has 0 saturated carbocycles. The largest absolute Gasteiger partial charge is 0.383 e. The number of rotatable bonds is 3. The first-order chi connectivity index (χ1) is 16.1. The van der Waals surface area contributed by atoms with Crippen LogP contribution in [0.25, 0.3) is 0 Å². The van der Waals surface area contributed by atoms with E-state index in [0.717, 1.165) is 16.8 Å². The van der Waals surface area contributed by atoms with Gasteiger partial charge in [0, 0.05) is 35.8 Å². The number of benzene rings is 2. The fourth-order valence-electron chi connectivity index (χ4n) is 5.17. The molecule has 1 saturated heterocycles. The summed E-state index contributed by atoms with van der Waals surface area (Å²) < 4.78 is 5.54. The summed E-state index contributed by atoms with van der Waals surface area (Å²) in [6, 6.07) is 19.8. The number of hydrogen-bond donors (Lipinski definition) is 1. The van der Waals surface area contributed by atoms with Crippen LogP contribution in [0.2, 0.25) is 5.02 Å². The van der Waals surface area contributed by atoms with Crippen molar-refractivity contribution in [1.82, 2.24) is 10.0 Å². The van der Waals surface area contributed by atoms with Crippen molar-refractivity contribution in [2.75, 3.05) is 26.3 Å². The van der Waals surface area contributed by atoms with E-state index >= 15 is 0 Å². The van der Waals surface area contributed by atoms with Gasteiger partial charge < -0.3 is 10.5 Å². The van der Waals surface area contributed by atoms with Crippen LogP contribution in [0.15, 0.2) is 77.3 Å². The Balaban J connectivity index is 1.67. The van der Waals surface area contributed by atoms with Gasteiger partial charge in [-0.3, -0.25) is 9.80 Å². The highest BCUT2D eigenvalue weighted by Gasteiger charge is 2.44. The van der Waals surface area contributed by atoms with E-state index in [1.807, 2.05) is 41.4 Å². The quantitative estimate of drug-likeness (QED) is 0.743. The maximum atomic E-state index is 13.7. The maximum Gasteiger partial charge on any atom is 0.162 e. The van der Waals surface area contributed by atoms with Crippen molar-refractivity contribution in [1.29, 1.82) is 5.26 Å². The predicted octanol–water partition coefficient (Wildman–Crippen LogP) is 4.08. The molecule has 1 aliphatic carbocycles. The van der Waals surface area contributed by atoms with Crippen LogP contribution >= 0.6 is 11.6 Å².